The van der Waals surface area contributed by atoms with Gasteiger partial charge in [-0.1, -0.05) is 33.8 Å². The topological polar surface area (TPSA) is 49.3 Å². The van der Waals surface area contributed by atoms with Crippen molar-refractivity contribution in [3.8, 4) is 0 Å². The van der Waals surface area contributed by atoms with E-state index in [1.54, 1.807) is 18.2 Å². The minimum Gasteiger partial charge on any atom is -0.478 e. The van der Waals surface area contributed by atoms with Crippen molar-refractivity contribution in [2.45, 2.75) is 27.7 Å². The van der Waals surface area contributed by atoms with Crippen molar-refractivity contribution >= 4 is 11.7 Å². The summed E-state index contributed by atoms with van der Waals surface area (Å²) in [5.74, 6) is -0.260. The number of aromatic carboxylic acids is 1. The Morgan fingerprint density at radius 1 is 1.28 bits per heavy atom. The molecule has 0 atom stereocenters. The van der Waals surface area contributed by atoms with Crippen LogP contribution in [0.3, 0.4) is 0 Å². The molecular weight excluding hydrogens is 226 g/mol. The van der Waals surface area contributed by atoms with Gasteiger partial charge >= 0.3 is 5.97 Å². The fourth-order valence-electron chi connectivity index (χ4n) is 2.83. The van der Waals surface area contributed by atoms with E-state index in [2.05, 4.69) is 33.0 Å². The highest BCUT2D eigenvalue weighted by molar-refractivity contribution is 5.88. The van der Waals surface area contributed by atoms with E-state index in [1.165, 1.54) is 0 Å². The molecule has 0 spiro atoms. The second-order valence-corrected chi connectivity index (χ2v) is 6.26. The molecule has 0 unspecified atom stereocenters. The quantitative estimate of drug-likeness (QED) is 0.856. The highest BCUT2D eigenvalue weighted by Gasteiger charge is 2.63. The van der Waals surface area contributed by atoms with Gasteiger partial charge in [0, 0.05) is 12.2 Å². The molecule has 0 bridgehead atoms. The van der Waals surface area contributed by atoms with E-state index in [4.69, 9.17) is 5.11 Å². The summed E-state index contributed by atoms with van der Waals surface area (Å²) < 4.78 is 0. The summed E-state index contributed by atoms with van der Waals surface area (Å²) in [5.41, 5.74) is 1.91. The first-order valence-electron chi connectivity index (χ1n) is 6.34. The van der Waals surface area contributed by atoms with Crippen LogP contribution in [0.25, 0.3) is 0 Å². The number of hydrogen-bond donors (Lipinski definition) is 2. The molecule has 0 aromatic heterocycles. The van der Waals surface area contributed by atoms with Crippen molar-refractivity contribution in [1.29, 1.82) is 0 Å². The summed E-state index contributed by atoms with van der Waals surface area (Å²) in [6.07, 6.45) is 0. The molecule has 2 N–H and O–H groups in total. The number of nitrogens with one attached hydrogen (secondary N) is 1. The van der Waals surface area contributed by atoms with Crippen LogP contribution in [0.1, 0.15) is 38.1 Å². The molecule has 0 saturated heterocycles. The van der Waals surface area contributed by atoms with E-state index in [9.17, 15) is 4.79 Å². The summed E-state index contributed by atoms with van der Waals surface area (Å²) in [5, 5.41) is 12.3. The van der Waals surface area contributed by atoms with Crippen molar-refractivity contribution in [2.75, 3.05) is 11.9 Å². The summed E-state index contributed by atoms with van der Waals surface area (Å²) in [4.78, 5) is 10.9. The van der Waals surface area contributed by atoms with Crippen LogP contribution >= 0.6 is 0 Å². The number of carboxylic acid groups (broad SMARTS) is 1. The van der Waals surface area contributed by atoms with Crippen LogP contribution < -0.4 is 5.32 Å². The van der Waals surface area contributed by atoms with Crippen LogP contribution in [-0.4, -0.2) is 17.6 Å². The third-order valence-corrected chi connectivity index (χ3v) is 4.94. The number of anilines is 1. The van der Waals surface area contributed by atoms with Crippen LogP contribution in [0.5, 0.6) is 0 Å². The van der Waals surface area contributed by atoms with Gasteiger partial charge in [-0.25, -0.2) is 4.79 Å². The third-order valence-electron chi connectivity index (χ3n) is 4.94. The average molecular weight is 247 g/mol. The van der Waals surface area contributed by atoms with Gasteiger partial charge in [-0.2, -0.15) is 0 Å². The van der Waals surface area contributed by atoms with Gasteiger partial charge in [0.2, 0.25) is 0 Å². The molecule has 0 radical (unpaired) electrons. The van der Waals surface area contributed by atoms with E-state index in [0.29, 0.717) is 22.3 Å². The number of carboxylic acids is 1. The summed E-state index contributed by atoms with van der Waals surface area (Å²) >= 11 is 0. The summed E-state index contributed by atoms with van der Waals surface area (Å²) in [7, 11) is 0. The standard InChI is InChI=1S/C15H21NO2/c1-14(2)12(15(14,3)4)9-16-11-7-5-6-10(8-11)13(17)18/h5-8,12,16H,9H2,1-4H3,(H,17,18). The van der Waals surface area contributed by atoms with Gasteiger partial charge in [-0.05, 0) is 34.9 Å². The SMILES string of the molecule is CC1(C)C(CNc2cccc(C(=O)O)c2)C1(C)C. The lowest BCUT2D eigenvalue weighted by molar-refractivity contribution is 0.0697. The zero-order valence-electron chi connectivity index (χ0n) is 11.4. The van der Waals surface area contributed by atoms with E-state index < -0.39 is 5.97 Å². The van der Waals surface area contributed by atoms with Crippen molar-refractivity contribution in [1.82, 2.24) is 0 Å². The highest BCUT2D eigenvalue weighted by Crippen LogP contribution is 2.68. The monoisotopic (exact) mass is 247 g/mol. The van der Waals surface area contributed by atoms with Gasteiger partial charge in [0.05, 0.1) is 5.56 Å². The Balaban J connectivity index is 2.00. The Kier molecular flexibility index (Phi) is 2.88. The van der Waals surface area contributed by atoms with Gasteiger partial charge in [-0.15, -0.1) is 0 Å². The van der Waals surface area contributed by atoms with Crippen molar-refractivity contribution in [2.24, 2.45) is 16.7 Å². The first-order chi connectivity index (χ1) is 8.26. The van der Waals surface area contributed by atoms with Crippen LogP contribution in [-0.2, 0) is 0 Å². The van der Waals surface area contributed by atoms with Crippen molar-refractivity contribution in [3.05, 3.63) is 29.8 Å². The van der Waals surface area contributed by atoms with Gasteiger partial charge < -0.3 is 10.4 Å². The molecule has 1 saturated carbocycles. The molecule has 3 heteroatoms. The number of hydrogen-bond acceptors (Lipinski definition) is 2. The maximum atomic E-state index is 10.9. The number of rotatable bonds is 4. The first-order valence-corrected chi connectivity index (χ1v) is 6.34. The Bertz CT molecular complexity index is 463. The normalized spacial score (nSPS) is 20.4. The second kappa shape index (κ2) is 4.01. The molecule has 98 valence electrons. The molecule has 1 aromatic carbocycles. The van der Waals surface area contributed by atoms with E-state index in [0.717, 1.165) is 12.2 Å². The van der Waals surface area contributed by atoms with Crippen molar-refractivity contribution < 1.29 is 9.90 Å². The van der Waals surface area contributed by atoms with Crippen LogP contribution in [0.2, 0.25) is 0 Å². The van der Waals surface area contributed by atoms with Gasteiger partial charge in [-0.3, -0.25) is 0 Å². The maximum absolute atomic E-state index is 10.9. The molecule has 3 nitrogen and oxygen atoms in total. The average Bonchev–Trinajstić information content (AvgIpc) is 2.67. The Labute approximate surface area is 108 Å². The van der Waals surface area contributed by atoms with Gasteiger partial charge in [0.25, 0.3) is 0 Å². The van der Waals surface area contributed by atoms with Crippen LogP contribution in [0.15, 0.2) is 24.3 Å². The predicted octanol–water partition coefficient (Wildman–Crippen LogP) is 3.48. The molecule has 0 heterocycles. The zero-order valence-corrected chi connectivity index (χ0v) is 11.4. The lowest BCUT2D eigenvalue weighted by atomic mass is 10.0. The fourth-order valence-corrected chi connectivity index (χ4v) is 2.83. The number of carbonyl (C=O) groups is 1. The van der Waals surface area contributed by atoms with E-state index >= 15 is 0 Å². The third kappa shape index (κ3) is 1.98. The van der Waals surface area contributed by atoms with E-state index in [1.807, 2.05) is 6.07 Å². The predicted molar refractivity (Wildman–Crippen MR) is 72.9 cm³/mol. The molecule has 18 heavy (non-hydrogen) atoms. The summed E-state index contributed by atoms with van der Waals surface area (Å²) in [6.45, 7) is 10.0. The molecule has 1 aliphatic carbocycles. The second-order valence-electron chi connectivity index (χ2n) is 6.26. The Morgan fingerprint density at radius 2 is 1.89 bits per heavy atom. The Morgan fingerprint density at radius 3 is 2.39 bits per heavy atom. The van der Waals surface area contributed by atoms with Gasteiger partial charge in [0.15, 0.2) is 0 Å². The van der Waals surface area contributed by atoms with Crippen molar-refractivity contribution in [3.63, 3.8) is 0 Å². The number of benzene rings is 1. The van der Waals surface area contributed by atoms with Crippen LogP contribution in [0.4, 0.5) is 5.69 Å². The first kappa shape index (κ1) is 12.9. The zero-order chi connectivity index (χ0) is 13.6. The molecule has 0 amide bonds. The molecular formula is C15H21NO2. The maximum Gasteiger partial charge on any atom is 0.335 e. The molecule has 0 aliphatic heterocycles. The van der Waals surface area contributed by atoms with Gasteiger partial charge in [0.1, 0.15) is 0 Å². The molecule has 1 fully saturated rings. The van der Waals surface area contributed by atoms with E-state index in [-0.39, 0.29) is 0 Å². The minimum atomic E-state index is -0.884. The minimum absolute atomic E-state index is 0.328. The lowest BCUT2D eigenvalue weighted by Gasteiger charge is -2.08. The largest absolute Gasteiger partial charge is 0.478 e. The molecule has 1 aromatic rings. The molecule has 2 rings (SSSR count). The molecule has 1 aliphatic rings. The summed E-state index contributed by atoms with van der Waals surface area (Å²) in [6, 6.07) is 6.98. The highest BCUT2D eigenvalue weighted by atomic mass is 16.4. The smallest absolute Gasteiger partial charge is 0.335 e. The lowest BCUT2D eigenvalue weighted by Crippen LogP contribution is -2.08. The Hall–Kier alpha value is -1.51. The van der Waals surface area contributed by atoms with Crippen LogP contribution in [0, 0.1) is 16.7 Å². The fraction of sp³-hybridized carbons (Fsp3) is 0.533.